The molecule has 0 heterocycles. The van der Waals surface area contributed by atoms with Gasteiger partial charge in [-0.2, -0.15) is 0 Å². The lowest BCUT2D eigenvalue weighted by Gasteiger charge is -1.52. The van der Waals surface area contributed by atoms with Gasteiger partial charge in [-0.05, 0) is 25.3 Å². The highest BCUT2D eigenvalue weighted by molar-refractivity contribution is 7.62. The molecule has 0 aromatic heterocycles. The Morgan fingerprint density at radius 2 is 1.25 bits per heavy atom. The van der Waals surface area contributed by atoms with Crippen LogP contribution in [-0.2, 0) is 25.3 Å². The summed E-state index contributed by atoms with van der Waals surface area (Å²) in [6.07, 6.45) is 0. The van der Waals surface area contributed by atoms with E-state index >= 15 is 0 Å². The Morgan fingerprint density at radius 3 is 1.25 bits per heavy atom. The van der Waals surface area contributed by atoms with E-state index in [0.29, 0.717) is 0 Å². The first kappa shape index (κ1) is 4.70. The molecule has 0 fully saturated rings. The first-order valence-corrected chi connectivity index (χ1v) is 2.62. The first-order chi connectivity index (χ1) is 1.91. The highest BCUT2D eigenvalue weighted by atomic mass is 32.1. The zero-order chi connectivity index (χ0) is 3.41. The third-order valence-electron chi connectivity index (χ3n) is 0.125. The van der Waals surface area contributed by atoms with E-state index in [0.717, 1.165) is 11.5 Å². The van der Waals surface area contributed by atoms with E-state index in [1.165, 1.54) is 0 Å². The highest BCUT2D eigenvalue weighted by Gasteiger charge is 1.72. The molecule has 2 heteroatoms. The molecule has 0 unspecified atom stereocenters. The predicted molar refractivity (Wildman–Crippen MR) is 30.0 cm³/mol. The van der Waals surface area contributed by atoms with Gasteiger partial charge in [0.15, 0.2) is 0 Å². The van der Waals surface area contributed by atoms with Crippen molar-refractivity contribution >= 4 is 25.3 Å². The summed E-state index contributed by atoms with van der Waals surface area (Å²) in [4.78, 5) is 0. The summed E-state index contributed by atoms with van der Waals surface area (Å²) in [6, 6.07) is 0. The lowest BCUT2D eigenvalue weighted by Crippen LogP contribution is -1.77. The maximum atomic E-state index is 3.24. The van der Waals surface area contributed by atoms with Crippen molar-refractivity contribution in [3.63, 3.8) is 0 Å². The van der Waals surface area contributed by atoms with E-state index < -0.39 is 0 Å². The van der Waals surface area contributed by atoms with Crippen LogP contribution in [0.5, 0.6) is 0 Å². The van der Waals surface area contributed by atoms with Gasteiger partial charge in [-0.15, -0.1) is 0 Å². The normalized spacial score (nSPS) is 7.50. The molecule has 0 N–H and O–H groups in total. The Morgan fingerprint density at radius 1 is 1.00 bits per heavy atom. The minimum atomic E-state index is 1.04. The molecule has 0 radical (unpaired) electrons. The van der Waals surface area contributed by atoms with Gasteiger partial charge in [0.05, 0.1) is 0 Å². The second-order valence-corrected chi connectivity index (χ2v) is 1.50. The fourth-order valence-corrected chi connectivity index (χ4v) is 0. The van der Waals surface area contributed by atoms with Gasteiger partial charge in [0, 0.05) is 0 Å². The summed E-state index contributed by atoms with van der Waals surface area (Å²) < 4.78 is 0. The molecule has 0 aromatic carbocycles. The zero-order valence-corrected chi connectivity index (χ0v) is 4.41. The van der Waals surface area contributed by atoms with E-state index in [-0.39, 0.29) is 0 Å². The van der Waals surface area contributed by atoms with Crippen molar-refractivity contribution in [3.05, 3.63) is 0 Å². The van der Waals surface area contributed by atoms with Crippen LogP contribution in [0.15, 0.2) is 0 Å². The topological polar surface area (TPSA) is 0 Å². The Bertz CT molecular complexity index is 6.00. The fraction of sp³-hybridized carbons (Fsp3) is 1.00. The predicted octanol–water partition coefficient (Wildman–Crippen LogP) is -0.991. The van der Waals surface area contributed by atoms with Crippen molar-refractivity contribution in [3.8, 4) is 0 Å². The Labute approximate surface area is 37.4 Å². The van der Waals surface area contributed by atoms with E-state index in [2.05, 4.69) is 25.3 Å². The van der Waals surface area contributed by atoms with Crippen molar-refractivity contribution in [2.75, 3.05) is 11.5 Å². The Kier molecular flexibility index (Phi) is 4.35. The lowest BCUT2D eigenvalue weighted by molar-refractivity contribution is 1.58. The summed E-state index contributed by atoms with van der Waals surface area (Å²) in [5, 5.41) is 0. The Balaban J connectivity index is 1.97. The minimum Gasteiger partial charge on any atom is -0.0377 e. The average Bonchev–Trinajstić information content (AvgIpc) is 1.37. The molecule has 0 aliphatic rings. The van der Waals surface area contributed by atoms with Gasteiger partial charge in [-0.3, -0.25) is 0 Å². The van der Waals surface area contributed by atoms with Crippen LogP contribution in [0.2, 0.25) is 0 Å². The molecule has 0 saturated heterocycles. The molecule has 26 valence electrons. The molecule has 0 amide bonds. The van der Waals surface area contributed by atoms with Crippen LogP contribution >= 0.6 is 0 Å². The van der Waals surface area contributed by atoms with Crippen LogP contribution in [0.3, 0.4) is 0 Å². The van der Waals surface area contributed by atoms with E-state index in [1.807, 2.05) is 0 Å². The van der Waals surface area contributed by atoms with E-state index in [1.54, 1.807) is 0 Å². The third-order valence-corrected chi connectivity index (χ3v) is 1.12. The third kappa shape index (κ3) is 2.70. The molecule has 0 nitrogen and oxygen atoms in total. The zero-order valence-electron chi connectivity index (χ0n) is 2.41. The van der Waals surface area contributed by atoms with Gasteiger partial charge >= 0.3 is 0 Å². The minimum absolute atomic E-state index is 1.04. The van der Waals surface area contributed by atoms with Gasteiger partial charge in [-0.25, -0.2) is 0 Å². The standard InChI is InChI=1S/C2H6S2/c3-1-2-4/h3-4H,1-2H2/p+2. The van der Waals surface area contributed by atoms with Crippen molar-refractivity contribution < 1.29 is 0 Å². The van der Waals surface area contributed by atoms with Gasteiger partial charge in [0.1, 0.15) is 11.5 Å². The van der Waals surface area contributed by atoms with Gasteiger partial charge in [0.2, 0.25) is 0 Å². The molecule has 0 aliphatic heterocycles. The second kappa shape index (κ2) is 3.70. The molecule has 4 heavy (non-hydrogen) atoms. The summed E-state index contributed by atoms with van der Waals surface area (Å²) in [7, 11) is 0. The molecular weight excluding hydrogens is 88.2 g/mol. The first-order valence-electron chi connectivity index (χ1n) is 1.21. The molecule has 0 aliphatic carbocycles. The van der Waals surface area contributed by atoms with E-state index in [9.17, 15) is 0 Å². The fourth-order valence-electron chi connectivity index (χ4n) is 0. The van der Waals surface area contributed by atoms with Crippen LogP contribution in [0.25, 0.3) is 0 Å². The summed E-state index contributed by atoms with van der Waals surface area (Å²) in [5.74, 6) is 2.08. The van der Waals surface area contributed by atoms with Gasteiger partial charge in [0.25, 0.3) is 0 Å². The van der Waals surface area contributed by atoms with Crippen LogP contribution < -0.4 is 0 Å². The van der Waals surface area contributed by atoms with Crippen molar-refractivity contribution in [1.82, 2.24) is 0 Å². The maximum absolute atomic E-state index is 3.24. The van der Waals surface area contributed by atoms with Crippen LogP contribution in [0, 0.1) is 0 Å². The molecule has 0 rings (SSSR count). The maximum Gasteiger partial charge on any atom is 0.147 e. The molecular formula is C2H8S2+2. The van der Waals surface area contributed by atoms with Crippen LogP contribution in [0.1, 0.15) is 0 Å². The van der Waals surface area contributed by atoms with Crippen LogP contribution in [-0.4, -0.2) is 11.5 Å². The molecule has 0 saturated carbocycles. The van der Waals surface area contributed by atoms with Crippen molar-refractivity contribution in [2.24, 2.45) is 0 Å². The van der Waals surface area contributed by atoms with Crippen molar-refractivity contribution in [1.29, 1.82) is 0 Å². The average molecular weight is 96.2 g/mol. The summed E-state index contributed by atoms with van der Waals surface area (Å²) >= 11 is 6.48. The largest absolute Gasteiger partial charge is 0.147 e. The molecule has 0 spiro atoms. The van der Waals surface area contributed by atoms with Crippen molar-refractivity contribution in [2.45, 2.75) is 0 Å². The molecule has 0 bridgehead atoms. The quantitative estimate of drug-likeness (QED) is 0.368. The van der Waals surface area contributed by atoms with Gasteiger partial charge < -0.3 is 0 Å². The lowest BCUT2D eigenvalue weighted by atomic mass is 11.0. The SMILES string of the molecule is [SH2+]CC[SH2+]. The smallest absolute Gasteiger partial charge is 0.0377 e. The summed E-state index contributed by atoms with van der Waals surface area (Å²) in [5.41, 5.74) is 0. The number of hydrogen-bond donors (Lipinski definition) is 0. The monoisotopic (exact) mass is 96.0 g/mol. The Hall–Kier alpha value is 0.700. The number of rotatable bonds is 1. The second-order valence-electron chi connectivity index (χ2n) is 0.500. The molecule has 0 atom stereocenters. The molecule has 0 aromatic rings. The number of hydrogen-bond acceptors (Lipinski definition) is 0. The summed E-state index contributed by atoms with van der Waals surface area (Å²) in [6.45, 7) is 0. The van der Waals surface area contributed by atoms with Crippen LogP contribution in [0.4, 0.5) is 0 Å². The highest BCUT2D eigenvalue weighted by Crippen LogP contribution is 1.48. The van der Waals surface area contributed by atoms with E-state index in [4.69, 9.17) is 0 Å². The van der Waals surface area contributed by atoms with Gasteiger partial charge in [-0.1, -0.05) is 0 Å².